The van der Waals surface area contributed by atoms with Crippen molar-refractivity contribution in [2.75, 3.05) is 10.6 Å². The Hall–Kier alpha value is -2.34. The van der Waals surface area contributed by atoms with Crippen LogP contribution in [0.25, 0.3) is 0 Å². The molecule has 0 radical (unpaired) electrons. The summed E-state index contributed by atoms with van der Waals surface area (Å²) >= 11 is 5.05. The molecule has 0 aliphatic rings. The predicted molar refractivity (Wildman–Crippen MR) is 82.6 cm³/mol. The Balaban J connectivity index is 2.02. The van der Waals surface area contributed by atoms with E-state index in [1.54, 1.807) is 24.3 Å². The molecule has 0 spiro atoms. The zero-order valence-corrected chi connectivity index (χ0v) is 11.9. The summed E-state index contributed by atoms with van der Waals surface area (Å²) in [5.41, 5.74) is 1.32. The number of ketones is 1. The van der Waals surface area contributed by atoms with Crippen LogP contribution in [-0.4, -0.2) is 10.9 Å². The average Bonchev–Trinajstić information content (AvgIpc) is 2.42. The van der Waals surface area contributed by atoms with Crippen LogP contribution in [0.3, 0.4) is 0 Å². The molecule has 0 bridgehead atoms. The lowest BCUT2D eigenvalue weighted by Crippen LogP contribution is -2.19. The summed E-state index contributed by atoms with van der Waals surface area (Å²) in [5, 5.41) is 5.65. The van der Waals surface area contributed by atoms with Gasteiger partial charge in [0.25, 0.3) is 0 Å². The number of carbonyl (C=O) groups is 1. The van der Waals surface area contributed by atoms with Crippen LogP contribution < -0.4 is 10.6 Å². The summed E-state index contributed by atoms with van der Waals surface area (Å²) in [4.78, 5) is 11.2. The zero-order chi connectivity index (χ0) is 15.4. The number of anilines is 2. The van der Waals surface area contributed by atoms with Crippen molar-refractivity contribution in [3.05, 3.63) is 59.7 Å². The topological polar surface area (TPSA) is 41.1 Å². The van der Waals surface area contributed by atoms with E-state index in [2.05, 4.69) is 10.6 Å². The van der Waals surface area contributed by atoms with Gasteiger partial charge in [-0.1, -0.05) is 0 Å². The molecule has 6 heteroatoms. The molecule has 0 aliphatic carbocycles. The summed E-state index contributed by atoms with van der Waals surface area (Å²) in [6.45, 7) is 1.48. The molecule has 2 N–H and O–H groups in total. The fraction of sp³-hybridized carbons (Fsp3) is 0.0667. The Morgan fingerprint density at radius 1 is 1.05 bits per heavy atom. The number of hydrogen-bond acceptors (Lipinski definition) is 2. The maximum atomic E-state index is 13.5. The molecule has 0 saturated carbocycles. The lowest BCUT2D eigenvalue weighted by Gasteiger charge is -2.11. The summed E-state index contributed by atoms with van der Waals surface area (Å²) in [7, 11) is 0. The van der Waals surface area contributed by atoms with Gasteiger partial charge < -0.3 is 10.6 Å². The molecule has 0 heterocycles. The van der Waals surface area contributed by atoms with E-state index in [1.807, 2.05) is 0 Å². The van der Waals surface area contributed by atoms with Gasteiger partial charge >= 0.3 is 0 Å². The normalized spacial score (nSPS) is 10.0. The van der Waals surface area contributed by atoms with E-state index in [0.717, 1.165) is 12.1 Å². The van der Waals surface area contributed by atoms with E-state index in [1.165, 1.54) is 13.0 Å². The first kappa shape index (κ1) is 15.1. The van der Waals surface area contributed by atoms with Gasteiger partial charge in [-0.2, -0.15) is 0 Å². The molecular formula is C15H12F2N2OS. The predicted octanol–water partition coefficient (Wildman–Crippen LogP) is 3.98. The minimum Gasteiger partial charge on any atom is -0.332 e. The lowest BCUT2D eigenvalue weighted by molar-refractivity contribution is 0.101. The van der Waals surface area contributed by atoms with Crippen molar-refractivity contribution >= 4 is 34.5 Å². The van der Waals surface area contributed by atoms with Gasteiger partial charge in [-0.15, -0.1) is 0 Å². The first-order valence-corrected chi connectivity index (χ1v) is 6.50. The third-order valence-electron chi connectivity index (χ3n) is 2.73. The van der Waals surface area contributed by atoms with Gasteiger partial charge in [-0.05, 0) is 55.5 Å². The number of halogens is 2. The quantitative estimate of drug-likeness (QED) is 0.665. The van der Waals surface area contributed by atoms with Crippen molar-refractivity contribution in [1.82, 2.24) is 0 Å². The van der Waals surface area contributed by atoms with Crippen LogP contribution in [0.5, 0.6) is 0 Å². The Kier molecular flexibility index (Phi) is 4.59. The van der Waals surface area contributed by atoms with Crippen LogP contribution in [0.1, 0.15) is 17.3 Å². The van der Waals surface area contributed by atoms with Gasteiger partial charge in [0.15, 0.2) is 10.9 Å². The molecule has 108 valence electrons. The fourth-order valence-corrected chi connectivity index (χ4v) is 1.89. The second kappa shape index (κ2) is 6.41. The molecule has 0 amide bonds. The lowest BCUT2D eigenvalue weighted by atomic mass is 10.1. The van der Waals surface area contributed by atoms with Gasteiger partial charge in [-0.3, -0.25) is 4.79 Å². The van der Waals surface area contributed by atoms with Gasteiger partial charge in [0.05, 0.1) is 5.69 Å². The Bertz CT molecular complexity index is 687. The van der Waals surface area contributed by atoms with Crippen LogP contribution in [0.2, 0.25) is 0 Å². The Labute approximate surface area is 126 Å². The third-order valence-corrected chi connectivity index (χ3v) is 2.93. The molecule has 3 nitrogen and oxygen atoms in total. The number of thiocarbonyl (C=S) groups is 1. The van der Waals surface area contributed by atoms with Crippen LogP contribution in [0.4, 0.5) is 20.2 Å². The largest absolute Gasteiger partial charge is 0.332 e. The number of hydrogen-bond donors (Lipinski definition) is 2. The number of nitrogens with one attached hydrogen (secondary N) is 2. The highest BCUT2D eigenvalue weighted by Crippen LogP contribution is 2.16. The molecular weight excluding hydrogens is 294 g/mol. The monoisotopic (exact) mass is 306 g/mol. The molecule has 0 unspecified atom stereocenters. The van der Waals surface area contributed by atoms with E-state index < -0.39 is 11.6 Å². The number of carbonyl (C=O) groups excluding carboxylic acids is 1. The zero-order valence-electron chi connectivity index (χ0n) is 11.1. The summed E-state index contributed by atoms with van der Waals surface area (Å²) < 4.78 is 26.3. The highest BCUT2D eigenvalue weighted by molar-refractivity contribution is 7.80. The van der Waals surface area contributed by atoms with Crippen LogP contribution in [0.15, 0.2) is 42.5 Å². The first-order chi connectivity index (χ1) is 9.95. The van der Waals surface area contributed by atoms with Crippen molar-refractivity contribution in [1.29, 1.82) is 0 Å². The molecule has 0 aromatic heterocycles. The SMILES string of the molecule is CC(=O)c1ccc(NC(=S)Nc2ccc(F)cc2F)cc1. The molecule has 0 aliphatic heterocycles. The molecule has 0 fully saturated rings. The van der Waals surface area contributed by atoms with Gasteiger partial charge in [-0.25, -0.2) is 8.78 Å². The van der Waals surface area contributed by atoms with Crippen molar-refractivity contribution in [2.45, 2.75) is 6.92 Å². The third kappa shape index (κ3) is 4.06. The van der Waals surface area contributed by atoms with Crippen molar-refractivity contribution in [3.63, 3.8) is 0 Å². The Morgan fingerprint density at radius 2 is 1.71 bits per heavy atom. The second-order valence-corrected chi connectivity index (χ2v) is 4.75. The van der Waals surface area contributed by atoms with E-state index in [4.69, 9.17) is 12.2 Å². The van der Waals surface area contributed by atoms with Crippen molar-refractivity contribution in [2.24, 2.45) is 0 Å². The molecule has 0 atom stereocenters. The molecule has 2 rings (SSSR count). The maximum Gasteiger partial charge on any atom is 0.175 e. The van der Waals surface area contributed by atoms with Crippen LogP contribution in [0, 0.1) is 11.6 Å². The summed E-state index contributed by atoms with van der Waals surface area (Å²) in [6, 6.07) is 9.86. The molecule has 2 aromatic rings. The van der Waals surface area contributed by atoms with E-state index in [-0.39, 0.29) is 16.6 Å². The second-order valence-electron chi connectivity index (χ2n) is 4.34. The van der Waals surface area contributed by atoms with Crippen molar-refractivity contribution in [3.8, 4) is 0 Å². The first-order valence-electron chi connectivity index (χ1n) is 6.10. The number of benzene rings is 2. The molecule has 21 heavy (non-hydrogen) atoms. The maximum absolute atomic E-state index is 13.5. The van der Waals surface area contributed by atoms with Gasteiger partial charge in [0.1, 0.15) is 11.6 Å². The van der Waals surface area contributed by atoms with E-state index in [0.29, 0.717) is 11.3 Å². The van der Waals surface area contributed by atoms with E-state index >= 15 is 0 Å². The van der Waals surface area contributed by atoms with Crippen molar-refractivity contribution < 1.29 is 13.6 Å². The van der Waals surface area contributed by atoms with Gasteiger partial charge in [0.2, 0.25) is 0 Å². The molecule has 0 saturated heterocycles. The highest BCUT2D eigenvalue weighted by atomic mass is 32.1. The van der Waals surface area contributed by atoms with Crippen LogP contribution >= 0.6 is 12.2 Å². The fourth-order valence-electron chi connectivity index (χ4n) is 1.66. The number of Topliss-reactive ketones (excluding diaryl/α,β-unsaturated/α-hetero) is 1. The standard InChI is InChI=1S/C15H12F2N2OS/c1-9(20)10-2-5-12(6-3-10)18-15(21)19-14-7-4-11(16)8-13(14)17/h2-8H,1H3,(H2,18,19,21). The van der Waals surface area contributed by atoms with Gasteiger partial charge in [0, 0.05) is 17.3 Å². The molecule has 2 aromatic carbocycles. The summed E-state index contributed by atoms with van der Waals surface area (Å²) in [6.07, 6.45) is 0. The summed E-state index contributed by atoms with van der Waals surface area (Å²) in [5.74, 6) is -1.42. The Morgan fingerprint density at radius 3 is 2.29 bits per heavy atom. The average molecular weight is 306 g/mol. The minimum absolute atomic E-state index is 0.0318. The van der Waals surface area contributed by atoms with Crippen LogP contribution in [-0.2, 0) is 0 Å². The van der Waals surface area contributed by atoms with E-state index in [9.17, 15) is 13.6 Å². The minimum atomic E-state index is -0.730. The smallest absolute Gasteiger partial charge is 0.175 e. The highest BCUT2D eigenvalue weighted by Gasteiger charge is 2.06. The number of rotatable bonds is 3.